The lowest BCUT2D eigenvalue weighted by Crippen LogP contribution is -2.27. The van der Waals surface area contributed by atoms with E-state index in [0.717, 1.165) is 11.0 Å². The number of fused-ring (bicyclic) bond motifs is 1. The fourth-order valence-electron chi connectivity index (χ4n) is 2.07. The smallest absolute Gasteiger partial charge is 0.242 e. The fourth-order valence-corrected chi connectivity index (χ4v) is 2.07. The quantitative estimate of drug-likeness (QED) is 0.796. The van der Waals surface area contributed by atoms with E-state index in [4.69, 9.17) is 0 Å². The number of nitrogens with zero attached hydrogens (tertiary/aromatic N) is 3. The zero-order chi connectivity index (χ0) is 14.7. The van der Waals surface area contributed by atoms with Crippen LogP contribution < -0.4 is 5.32 Å². The Labute approximate surface area is 120 Å². The summed E-state index contributed by atoms with van der Waals surface area (Å²) in [5, 5.41) is 10.7. The number of rotatable bonds is 4. The first-order valence-corrected chi connectivity index (χ1v) is 6.52. The van der Waals surface area contributed by atoms with Gasteiger partial charge in [-0.2, -0.15) is 0 Å². The number of halogens is 1. The predicted molar refractivity (Wildman–Crippen MR) is 75.8 cm³/mol. The average Bonchev–Trinajstić information content (AvgIpc) is 2.89. The van der Waals surface area contributed by atoms with Crippen LogP contribution in [0.1, 0.15) is 5.56 Å². The molecule has 3 rings (SSSR count). The molecule has 0 saturated heterocycles. The van der Waals surface area contributed by atoms with E-state index in [-0.39, 0.29) is 24.8 Å². The molecule has 1 N–H and O–H groups in total. The third kappa shape index (κ3) is 3.05. The number of carbonyl (C=O) groups is 1. The molecule has 0 aliphatic heterocycles. The second-order valence-corrected chi connectivity index (χ2v) is 4.64. The number of carbonyl (C=O) groups excluding carboxylic acids is 1. The Morgan fingerprint density at radius 1 is 1.19 bits per heavy atom. The van der Waals surface area contributed by atoms with Gasteiger partial charge in [0.05, 0.1) is 5.52 Å². The van der Waals surface area contributed by atoms with E-state index in [1.807, 2.05) is 24.3 Å². The summed E-state index contributed by atoms with van der Waals surface area (Å²) in [6.45, 7) is 0.360. The van der Waals surface area contributed by atoms with Crippen LogP contribution in [0.4, 0.5) is 4.39 Å². The molecule has 2 aromatic carbocycles. The van der Waals surface area contributed by atoms with Crippen molar-refractivity contribution < 1.29 is 9.18 Å². The highest BCUT2D eigenvalue weighted by molar-refractivity contribution is 5.79. The van der Waals surface area contributed by atoms with Crippen LogP contribution >= 0.6 is 0 Å². The number of amides is 1. The Kier molecular flexibility index (Phi) is 3.59. The summed E-state index contributed by atoms with van der Waals surface area (Å²) in [6.07, 6.45) is 0. The second kappa shape index (κ2) is 5.70. The van der Waals surface area contributed by atoms with Crippen LogP contribution in [0.15, 0.2) is 48.5 Å². The van der Waals surface area contributed by atoms with Gasteiger partial charge in [-0.15, -0.1) is 5.10 Å². The van der Waals surface area contributed by atoms with Crippen molar-refractivity contribution in [2.75, 3.05) is 0 Å². The molecule has 106 valence electrons. The summed E-state index contributed by atoms with van der Waals surface area (Å²) in [4.78, 5) is 11.9. The van der Waals surface area contributed by atoms with E-state index >= 15 is 0 Å². The standard InChI is InChI=1S/C15H13FN4O/c16-12-5-3-4-11(8-12)9-17-15(21)10-20-14-7-2-1-6-13(14)18-19-20/h1-8H,9-10H2,(H,17,21). The first-order chi connectivity index (χ1) is 10.2. The fraction of sp³-hybridized carbons (Fsp3) is 0.133. The van der Waals surface area contributed by atoms with Crippen LogP contribution in [-0.2, 0) is 17.9 Å². The van der Waals surface area contributed by atoms with Crippen molar-refractivity contribution in [2.24, 2.45) is 0 Å². The molecule has 21 heavy (non-hydrogen) atoms. The maximum absolute atomic E-state index is 13.0. The molecule has 5 nitrogen and oxygen atoms in total. The van der Waals surface area contributed by atoms with Crippen molar-refractivity contribution in [1.82, 2.24) is 20.3 Å². The summed E-state index contributed by atoms with van der Waals surface area (Å²) in [7, 11) is 0. The lowest BCUT2D eigenvalue weighted by Gasteiger charge is -2.06. The van der Waals surface area contributed by atoms with Crippen LogP contribution in [0, 0.1) is 5.82 Å². The van der Waals surface area contributed by atoms with Crippen molar-refractivity contribution in [1.29, 1.82) is 0 Å². The Bertz CT molecular complexity index is 784. The Hall–Kier alpha value is -2.76. The Morgan fingerprint density at radius 2 is 2.05 bits per heavy atom. The Morgan fingerprint density at radius 3 is 2.90 bits per heavy atom. The molecule has 0 unspecified atom stereocenters. The van der Waals surface area contributed by atoms with Crippen LogP contribution in [0.25, 0.3) is 11.0 Å². The van der Waals surface area contributed by atoms with Gasteiger partial charge in [0.2, 0.25) is 5.91 Å². The summed E-state index contributed by atoms with van der Waals surface area (Å²) >= 11 is 0. The molecule has 0 aliphatic rings. The molecule has 0 fully saturated rings. The van der Waals surface area contributed by atoms with E-state index in [1.165, 1.54) is 16.8 Å². The third-order valence-electron chi connectivity index (χ3n) is 3.09. The summed E-state index contributed by atoms with van der Waals surface area (Å²) < 4.78 is 14.6. The maximum Gasteiger partial charge on any atom is 0.242 e. The molecule has 1 aromatic heterocycles. The minimum absolute atomic E-state index is 0.0792. The molecule has 0 spiro atoms. The van der Waals surface area contributed by atoms with E-state index < -0.39 is 0 Å². The first kappa shape index (κ1) is 13.2. The minimum atomic E-state index is -0.316. The molecule has 0 bridgehead atoms. The molecule has 0 atom stereocenters. The number of para-hydroxylation sites is 1. The van der Waals surface area contributed by atoms with Gasteiger partial charge >= 0.3 is 0 Å². The van der Waals surface area contributed by atoms with Crippen molar-refractivity contribution >= 4 is 16.9 Å². The topological polar surface area (TPSA) is 59.8 Å². The number of hydrogen-bond acceptors (Lipinski definition) is 3. The molecule has 0 radical (unpaired) electrons. The molecule has 1 amide bonds. The molecule has 0 aliphatic carbocycles. The average molecular weight is 284 g/mol. The van der Waals surface area contributed by atoms with E-state index in [0.29, 0.717) is 5.56 Å². The van der Waals surface area contributed by atoms with E-state index in [2.05, 4.69) is 15.6 Å². The van der Waals surface area contributed by atoms with Gasteiger partial charge in [0.25, 0.3) is 0 Å². The van der Waals surface area contributed by atoms with Gasteiger partial charge in [-0.3, -0.25) is 4.79 Å². The monoisotopic (exact) mass is 284 g/mol. The van der Waals surface area contributed by atoms with Gasteiger partial charge < -0.3 is 5.32 Å². The van der Waals surface area contributed by atoms with Crippen molar-refractivity contribution in [3.8, 4) is 0 Å². The molecular weight excluding hydrogens is 271 g/mol. The highest BCUT2D eigenvalue weighted by atomic mass is 19.1. The molecule has 0 saturated carbocycles. The normalized spacial score (nSPS) is 10.7. The number of aromatic nitrogens is 3. The molecule has 6 heteroatoms. The summed E-state index contributed by atoms with van der Waals surface area (Å²) in [5.74, 6) is -0.515. The number of nitrogens with one attached hydrogen (secondary N) is 1. The van der Waals surface area contributed by atoms with Gasteiger partial charge in [-0.25, -0.2) is 9.07 Å². The Balaban J connectivity index is 1.64. The SMILES string of the molecule is O=C(Cn1nnc2ccccc21)NCc1cccc(F)c1. The molecule has 1 heterocycles. The second-order valence-electron chi connectivity index (χ2n) is 4.64. The third-order valence-corrected chi connectivity index (χ3v) is 3.09. The van der Waals surface area contributed by atoms with Gasteiger partial charge in [0, 0.05) is 6.54 Å². The molecule has 3 aromatic rings. The lowest BCUT2D eigenvalue weighted by molar-refractivity contribution is -0.121. The van der Waals surface area contributed by atoms with Gasteiger partial charge in [-0.05, 0) is 29.8 Å². The maximum atomic E-state index is 13.0. The van der Waals surface area contributed by atoms with Crippen molar-refractivity contribution in [3.63, 3.8) is 0 Å². The van der Waals surface area contributed by atoms with Crippen LogP contribution in [0.5, 0.6) is 0 Å². The van der Waals surface area contributed by atoms with Crippen molar-refractivity contribution in [3.05, 3.63) is 59.9 Å². The summed E-state index contributed by atoms with van der Waals surface area (Å²) in [6, 6.07) is 13.6. The highest BCUT2D eigenvalue weighted by Gasteiger charge is 2.08. The summed E-state index contributed by atoms with van der Waals surface area (Å²) in [5.41, 5.74) is 2.26. The highest BCUT2D eigenvalue weighted by Crippen LogP contribution is 2.09. The number of hydrogen-bond donors (Lipinski definition) is 1. The van der Waals surface area contributed by atoms with Gasteiger partial charge in [-0.1, -0.05) is 29.5 Å². The van der Waals surface area contributed by atoms with Gasteiger partial charge in [0.15, 0.2) is 0 Å². The first-order valence-electron chi connectivity index (χ1n) is 6.52. The molecular formula is C15H13FN4O. The lowest BCUT2D eigenvalue weighted by atomic mass is 10.2. The predicted octanol–water partition coefficient (Wildman–Crippen LogP) is 1.89. The van der Waals surface area contributed by atoms with E-state index in [9.17, 15) is 9.18 Å². The van der Waals surface area contributed by atoms with Crippen LogP contribution in [0.3, 0.4) is 0 Å². The van der Waals surface area contributed by atoms with E-state index in [1.54, 1.807) is 12.1 Å². The van der Waals surface area contributed by atoms with Crippen molar-refractivity contribution in [2.45, 2.75) is 13.1 Å². The van der Waals surface area contributed by atoms with Crippen LogP contribution in [0.2, 0.25) is 0 Å². The largest absolute Gasteiger partial charge is 0.350 e. The zero-order valence-corrected chi connectivity index (χ0v) is 11.2. The van der Waals surface area contributed by atoms with Crippen LogP contribution in [-0.4, -0.2) is 20.9 Å². The minimum Gasteiger partial charge on any atom is -0.350 e. The van der Waals surface area contributed by atoms with Gasteiger partial charge in [0.1, 0.15) is 17.9 Å². The number of benzene rings is 2. The zero-order valence-electron chi connectivity index (χ0n) is 11.2.